The van der Waals surface area contributed by atoms with E-state index >= 15 is 0 Å². The van der Waals surface area contributed by atoms with Gasteiger partial charge < -0.3 is 0 Å². The molecule has 0 N–H and O–H groups in total. The zero-order valence-corrected chi connectivity index (χ0v) is 11.9. The van der Waals surface area contributed by atoms with E-state index in [1.54, 1.807) is 0 Å². The van der Waals surface area contributed by atoms with Gasteiger partial charge in [-0.05, 0) is 57.7 Å². The largest absolute Gasteiger partial charge is 0.299 e. The van der Waals surface area contributed by atoms with Gasteiger partial charge in [-0.2, -0.15) is 0 Å². The second-order valence-electron chi connectivity index (χ2n) is 5.84. The second kappa shape index (κ2) is 5.23. The van der Waals surface area contributed by atoms with E-state index in [0.717, 1.165) is 29.2 Å². The first-order valence-electron chi connectivity index (χ1n) is 6.77. The standard InChI is InChI=1S/C16H23NO/c1-11-7-12(2)16(13(3)8-11)15(18)10-17(4)9-14-5-6-14/h7-8,14H,5-6,9-10H2,1-4H3. The molecule has 2 heteroatoms. The van der Waals surface area contributed by atoms with Gasteiger partial charge in [-0.15, -0.1) is 0 Å². The number of carbonyl (C=O) groups is 1. The van der Waals surface area contributed by atoms with Crippen molar-refractivity contribution >= 4 is 5.78 Å². The molecule has 0 bridgehead atoms. The fourth-order valence-corrected chi connectivity index (χ4v) is 2.75. The highest BCUT2D eigenvalue weighted by atomic mass is 16.1. The highest BCUT2D eigenvalue weighted by Gasteiger charge is 2.24. The van der Waals surface area contributed by atoms with Gasteiger partial charge in [0.15, 0.2) is 5.78 Å². The molecular formula is C16H23NO. The van der Waals surface area contributed by atoms with Gasteiger partial charge in [0.1, 0.15) is 0 Å². The van der Waals surface area contributed by atoms with Crippen molar-refractivity contribution in [1.82, 2.24) is 4.90 Å². The SMILES string of the molecule is Cc1cc(C)c(C(=O)CN(C)CC2CC2)c(C)c1. The topological polar surface area (TPSA) is 20.3 Å². The molecule has 0 aliphatic heterocycles. The molecule has 1 aromatic carbocycles. The van der Waals surface area contributed by atoms with Gasteiger partial charge in [0, 0.05) is 12.1 Å². The quantitative estimate of drug-likeness (QED) is 0.743. The van der Waals surface area contributed by atoms with Crippen LogP contribution < -0.4 is 0 Å². The minimum Gasteiger partial charge on any atom is -0.299 e. The van der Waals surface area contributed by atoms with Crippen LogP contribution in [0.3, 0.4) is 0 Å². The maximum Gasteiger partial charge on any atom is 0.177 e. The van der Waals surface area contributed by atoms with Gasteiger partial charge in [0.05, 0.1) is 6.54 Å². The Labute approximate surface area is 110 Å². The van der Waals surface area contributed by atoms with E-state index in [9.17, 15) is 4.79 Å². The maximum absolute atomic E-state index is 12.4. The summed E-state index contributed by atoms with van der Waals surface area (Å²) in [5.41, 5.74) is 4.37. The molecule has 0 amide bonds. The maximum atomic E-state index is 12.4. The molecule has 2 nitrogen and oxygen atoms in total. The lowest BCUT2D eigenvalue weighted by Gasteiger charge is -2.17. The fourth-order valence-electron chi connectivity index (χ4n) is 2.75. The van der Waals surface area contributed by atoms with Crippen molar-refractivity contribution in [3.05, 3.63) is 34.4 Å². The zero-order chi connectivity index (χ0) is 13.3. The monoisotopic (exact) mass is 245 g/mol. The Morgan fingerprint density at radius 3 is 2.28 bits per heavy atom. The van der Waals surface area contributed by atoms with Crippen molar-refractivity contribution in [3.63, 3.8) is 0 Å². The predicted molar refractivity (Wildman–Crippen MR) is 75.2 cm³/mol. The number of hydrogen-bond acceptors (Lipinski definition) is 2. The van der Waals surface area contributed by atoms with Gasteiger partial charge in [-0.3, -0.25) is 9.69 Å². The van der Waals surface area contributed by atoms with Crippen molar-refractivity contribution in [2.45, 2.75) is 33.6 Å². The van der Waals surface area contributed by atoms with Crippen LogP contribution in [0.1, 0.15) is 39.9 Å². The molecule has 1 saturated carbocycles. The highest BCUT2D eigenvalue weighted by molar-refractivity contribution is 6.00. The second-order valence-corrected chi connectivity index (χ2v) is 5.84. The molecule has 1 aliphatic rings. The van der Waals surface area contributed by atoms with E-state index in [2.05, 4.69) is 31.0 Å². The number of likely N-dealkylation sites (N-methyl/N-ethyl adjacent to an activating group) is 1. The van der Waals surface area contributed by atoms with Crippen LogP contribution in [0.25, 0.3) is 0 Å². The van der Waals surface area contributed by atoms with Crippen molar-refractivity contribution < 1.29 is 4.79 Å². The lowest BCUT2D eigenvalue weighted by molar-refractivity contribution is 0.0943. The first-order valence-corrected chi connectivity index (χ1v) is 6.77. The smallest absolute Gasteiger partial charge is 0.177 e. The fraction of sp³-hybridized carbons (Fsp3) is 0.562. The van der Waals surface area contributed by atoms with E-state index in [4.69, 9.17) is 0 Å². The third-order valence-corrected chi connectivity index (χ3v) is 3.64. The molecule has 0 saturated heterocycles. The molecule has 0 atom stereocenters. The summed E-state index contributed by atoms with van der Waals surface area (Å²) in [7, 11) is 2.05. The van der Waals surface area contributed by atoms with Crippen molar-refractivity contribution in [2.75, 3.05) is 20.1 Å². The molecule has 0 spiro atoms. The van der Waals surface area contributed by atoms with Gasteiger partial charge >= 0.3 is 0 Å². The first-order chi connectivity index (χ1) is 8.47. The van der Waals surface area contributed by atoms with E-state index in [0.29, 0.717) is 6.54 Å². The van der Waals surface area contributed by atoms with Gasteiger partial charge in [0.2, 0.25) is 0 Å². The molecule has 98 valence electrons. The van der Waals surface area contributed by atoms with E-state index in [1.165, 1.54) is 18.4 Å². The molecule has 1 aromatic rings. The average Bonchev–Trinajstić information content (AvgIpc) is 2.98. The molecular weight excluding hydrogens is 222 g/mol. The number of nitrogens with zero attached hydrogens (tertiary/aromatic N) is 1. The van der Waals surface area contributed by atoms with E-state index in [-0.39, 0.29) is 5.78 Å². The highest BCUT2D eigenvalue weighted by Crippen LogP contribution is 2.29. The Bertz CT molecular complexity index is 437. The summed E-state index contributed by atoms with van der Waals surface area (Å²) >= 11 is 0. The minimum absolute atomic E-state index is 0.258. The molecule has 18 heavy (non-hydrogen) atoms. The summed E-state index contributed by atoms with van der Waals surface area (Å²) in [6.45, 7) is 7.76. The van der Waals surface area contributed by atoms with Crippen molar-refractivity contribution in [1.29, 1.82) is 0 Å². The summed E-state index contributed by atoms with van der Waals surface area (Å²) in [5, 5.41) is 0. The van der Waals surface area contributed by atoms with Crippen LogP contribution in [0.4, 0.5) is 0 Å². The number of hydrogen-bond donors (Lipinski definition) is 0. The molecule has 0 radical (unpaired) electrons. The summed E-state index contributed by atoms with van der Waals surface area (Å²) < 4.78 is 0. The molecule has 0 heterocycles. The predicted octanol–water partition coefficient (Wildman–Crippen LogP) is 3.14. The third-order valence-electron chi connectivity index (χ3n) is 3.64. The Balaban J connectivity index is 2.07. The third kappa shape index (κ3) is 3.20. The number of rotatable bonds is 5. The lowest BCUT2D eigenvalue weighted by Crippen LogP contribution is -2.28. The normalized spacial score (nSPS) is 15.2. The van der Waals surface area contributed by atoms with Crippen LogP contribution in [0.5, 0.6) is 0 Å². The number of Topliss-reactive ketones (excluding diaryl/α,β-unsaturated/α-hetero) is 1. The first kappa shape index (κ1) is 13.3. The minimum atomic E-state index is 0.258. The van der Waals surface area contributed by atoms with Crippen LogP contribution in [0.15, 0.2) is 12.1 Å². The average molecular weight is 245 g/mol. The molecule has 1 fully saturated rings. The van der Waals surface area contributed by atoms with Gasteiger partial charge in [0.25, 0.3) is 0 Å². The number of ketones is 1. The van der Waals surface area contributed by atoms with Crippen LogP contribution >= 0.6 is 0 Å². The van der Waals surface area contributed by atoms with Crippen LogP contribution in [0.2, 0.25) is 0 Å². The number of carbonyl (C=O) groups excluding carboxylic acids is 1. The van der Waals surface area contributed by atoms with Crippen LogP contribution in [0, 0.1) is 26.7 Å². The molecule has 0 aromatic heterocycles. The Kier molecular flexibility index (Phi) is 3.86. The lowest BCUT2D eigenvalue weighted by atomic mass is 9.96. The summed E-state index contributed by atoms with van der Waals surface area (Å²) in [4.78, 5) is 14.5. The van der Waals surface area contributed by atoms with Gasteiger partial charge in [-0.1, -0.05) is 17.7 Å². The Morgan fingerprint density at radius 2 is 1.78 bits per heavy atom. The van der Waals surface area contributed by atoms with Crippen LogP contribution in [-0.2, 0) is 0 Å². The summed E-state index contributed by atoms with van der Waals surface area (Å²) in [6.07, 6.45) is 2.67. The van der Waals surface area contributed by atoms with Crippen LogP contribution in [-0.4, -0.2) is 30.8 Å². The van der Waals surface area contributed by atoms with E-state index < -0.39 is 0 Å². The molecule has 1 aliphatic carbocycles. The zero-order valence-electron chi connectivity index (χ0n) is 11.9. The molecule has 2 rings (SSSR count). The van der Waals surface area contributed by atoms with Gasteiger partial charge in [-0.25, -0.2) is 0 Å². The van der Waals surface area contributed by atoms with E-state index in [1.807, 2.05) is 13.8 Å². The van der Waals surface area contributed by atoms with Crippen molar-refractivity contribution in [2.24, 2.45) is 5.92 Å². The summed E-state index contributed by atoms with van der Waals surface area (Å²) in [5.74, 6) is 1.09. The molecule has 0 unspecified atom stereocenters. The number of aryl methyl sites for hydroxylation is 3. The Hall–Kier alpha value is -1.15. The number of benzene rings is 1. The Morgan fingerprint density at radius 1 is 1.22 bits per heavy atom. The summed E-state index contributed by atoms with van der Waals surface area (Å²) in [6, 6.07) is 4.20. The van der Waals surface area contributed by atoms with Crippen molar-refractivity contribution in [3.8, 4) is 0 Å².